The Labute approximate surface area is 88.7 Å². The molecule has 0 amide bonds. The minimum Gasteiger partial charge on any atom is -0.310 e. The molecule has 2 nitrogen and oxygen atoms in total. The Bertz CT molecular complexity index is 154. The van der Waals surface area contributed by atoms with Crippen LogP contribution in [-0.2, 0) is 0 Å². The van der Waals surface area contributed by atoms with E-state index >= 15 is 0 Å². The Hall–Kier alpha value is -0.0800. The van der Waals surface area contributed by atoms with Gasteiger partial charge < -0.3 is 8.97 Å². The van der Waals surface area contributed by atoms with E-state index in [-0.39, 0.29) is 0 Å². The molecule has 0 aromatic carbocycles. The summed E-state index contributed by atoms with van der Waals surface area (Å²) in [6, 6.07) is 0. The highest BCUT2D eigenvalue weighted by atomic mass is 15.5. The molecule has 3 fully saturated rings. The fraction of sp³-hybridized carbons (Fsp3) is 1.00. The fourth-order valence-corrected chi connectivity index (χ4v) is 3.56. The number of rotatable bonds is 4. The molecule has 3 saturated heterocycles. The number of hydrogen-bond acceptors (Lipinski definition) is 0. The Morgan fingerprint density at radius 1 is 0.643 bits per heavy atom. The second-order valence-corrected chi connectivity index (χ2v) is 5.47. The predicted molar refractivity (Wildman–Crippen MR) is 60.0 cm³/mol. The van der Waals surface area contributed by atoms with E-state index in [1.807, 2.05) is 0 Å². The van der Waals surface area contributed by atoms with Gasteiger partial charge in [0.25, 0.3) is 0 Å². The first-order chi connectivity index (χ1) is 6.74. The van der Waals surface area contributed by atoms with Crippen molar-refractivity contribution in [3.05, 3.63) is 0 Å². The lowest BCUT2D eigenvalue weighted by Crippen LogP contribution is -2.75. The summed E-state index contributed by atoms with van der Waals surface area (Å²) in [5, 5.41) is 0. The molecule has 0 aromatic heterocycles. The highest BCUT2D eigenvalue weighted by molar-refractivity contribution is 4.61. The van der Waals surface area contributed by atoms with Crippen LogP contribution in [0.25, 0.3) is 0 Å². The topological polar surface area (TPSA) is 0 Å². The van der Waals surface area contributed by atoms with Crippen LogP contribution in [0.5, 0.6) is 0 Å². The van der Waals surface area contributed by atoms with Gasteiger partial charge in [-0.1, -0.05) is 13.8 Å². The minimum atomic E-state index is 1.37. The lowest BCUT2D eigenvalue weighted by Gasteiger charge is -2.55. The molecular formula is C12H26N2+2. The molecule has 0 aromatic rings. The van der Waals surface area contributed by atoms with Crippen LogP contribution >= 0.6 is 0 Å². The summed E-state index contributed by atoms with van der Waals surface area (Å²) < 4.78 is 2.92. The molecule has 0 radical (unpaired) electrons. The zero-order chi connectivity index (χ0) is 10.1. The fourth-order valence-electron chi connectivity index (χ4n) is 3.56. The van der Waals surface area contributed by atoms with Crippen molar-refractivity contribution in [2.45, 2.75) is 26.7 Å². The second-order valence-electron chi connectivity index (χ2n) is 5.47. The minimum absolute atomic E-state index is 1.37. The lowest BCUT2D eigenvalue weighted by molar-refractivity contribution is -1.08. The summed E-state index contributed by atoms with van der Waals surface area (Å²) in [7, 11) is 0. The van der Waals surface area contributed by atoms with Gasteiger partial charge in [-0.15, -0.1) is 0 Å². The van der Waals surface area contributed by atoms with E-state index < -0.39 is 0 Å². The molecule has 0 atom stereocenters. The quantitative estimate of drug-likeness (QED) is 0.600. The monoisotopic (exact) mass is 198 g/mol. The largest absolute Gasteiger partial charge is 0.310 e. The second kappa shape index (κ2) is 3.82. The molecule has 3 heterocycles. The molecule has 82 valence electrons. The van der Waals surface area contributed by atoms with Crippen molar-refractivity contribution in [1.29, 1.82) is 0 Å². The van der Waals surface area contributed by atoms with Crippen LogP contribution in [0.3, 0.4) is 0 Å². The molecule has 3 rings (SSSR count). The maximum atomic E-state index is 2.34. The first-order valence-electron chi connectivity index (χ1n) is 6.44. The number of piperazine rings is 3. The van der Waals surface area contributed by atoms with Crippen LogP contribution in [0.4, 0.5) is 0 Å². The molecule has 2 heteroatoms. The molecule has 0 unspecified atom stereocenters. The van der Waals surface area contributed by atoms with Gasteiger partial charge in [0.15, 0.2) is 0 Å². The van der Waals surface area contributed by atoms with Gasteiger partial charge in [0, 0.05) is 0 Å². The molecule has 3 aliphatic rings. The first kappa shape index (κ1) is 10.4. The van der Waals surface area contributed by atoms with Gasteiger partial charge in [-0.3, -0.25) is 0 Å². The van der Waals surface area contributed by atoms with Gasteiger partial charge in [-0.05, 0) is 12.8 Å². The van der Waals surface area contributed by atoms with Crippen LogP contribution < -0.4 is 0 Å². The third kappa shape index (κ3) is 1.70. The molecule has 0 N–H and O–H groups in total. The van der Waals surface area contributed by atoms with Crippen LogP contribution in [0.2, 0.25) is 0 Å². The van der Waals surface area contributed by atoms with E-state index in [9.17, 15) is 0 Å². The Balaban J connectivity index is 1.98. The Kier molecular flexibility index (Phi) is 2.85. The zero-order valence-corrected chi connectivity index (χ0v) is 9.97. The molecule has 0 spiro atoms. The standard InChI is InChI=1S/C12H26N2/c1-3-5-13-7-10-14(6-4-2,11-8-13)12-9-13/h3-12H2,1-2H3/q+2. The average Bonchev–Trinajstić information content (AvgIpc) is 2.22. The molecule has 0 aliphatic carbocycles. The average molecular weight is 198 g/mol. The maximum Gasteiger partial charge on any atom is 0.129 e. The van der Waals surface area contributed by atoms with Crippen molar-refractivity contribution < 1.29 is 8.97 Å². The Morgan fingerprint density at radius 2 is 0.929 bits per heavy atom. The summed E-state index contributed by atoms with van der Waals surface area (Å²) in [6.45, 7) is 16.3. The van der Waals surface area contributed by atoms with Crippen molar-refractivity contribution in [3.63, 3.8) is 0 Å². The van der Waals surface area contributed by atoms with Crippen LogP contribution in [0.15, 0.2) is 0 Å². The Morgan fingerprint density at radius 3 is 1.14 bits per heavy atom. The van der Waals surface area contributed by atoms with Gasteiger partial charge in [0.05, 0.1) is 13.1 Å². The number of hydrogen-bond donors (Lipinski definition) is 0. The van der Waals surface area contributed by atoms with E-state index in [1.54, 1.807) is 0 Å². The third-order valence-electron chi connectivity index (χ3n) is 4.54. The van der Waals surface area contributed by atoms with Crippen molar-refractivity contribution in [3.8, 4) is 0 Å². The van der Waals surface area contributed by atoms with E-state index in [0.29, 0.717) is 0 Å². The smallest absolute Gasteiger partial charge is 0.129 e. The number of quaternary nitrogens is 2. The predicted octanol–water partition coefficient (Wildman–Crippen LogP) is 1.47. The maximum absolute atomic E-state index is 2.34. The van der Waals surface area contributed by atoms with Gasteiger partial charge >= 0.3 is 0 Å². The number of nitrogens with zero attached hydrogens (tertiary/aromatic N) is 2. The molecule has 2 bridgehead atoms. The van der Waals surface area contributed by atoms with E-state index in [4.69, 9.17) is 0 Å². The van der Waals surface area contributed by atoms with Gasteiger partial charge in [-0.25, -0.2) is 0 Å². The van der Waals surface area contributed by atoms with Crippen molar-refractivity contribution in [2.24, 2.45) is 0 Å². The first-order valence-corrected chi connectivity index (χ1v) is 6.44. The summed E-state index contributed by atoms with van der Waals surface area (Å²) in [5.74, 6) is 0. The van der Waals surface area contributed by atoms with Gasteiger partial charge in [0.1, 0.15) is 39.3 Å². The highest BCUT2D eigenvalue weighted by Crippen LogP contribution is 2.26. The SMILES string of the molecule is CCC[N+]12CC[N+](CCC)(CC1)CC2. The molecule has 0 saturated carbocycles. The summed E-state index contributed by atoms with van der Waals surface area (Å²) >= 11 is 0. The van der Waals surface area contributed by atoms with E-state index in [0.717, 1.165) is 0 Å². The molecule has 3 aliphatic heterocycles. The van der Waals surface area contributed by atoms with Crippen LogP contribution in [0.1, 0.15) is 26.7 Å². The lowest BCUT2D eigenvalue weighted by atomic mass is 10.1. The van der Waals surface area contributed by atoms with E-state index in [2.05, 4.69) is 13.8 Å². The summed E-state index contributed by atoms with van der Waals surface area (Å²) in [5.41, 5.74) is 0. The van der Waals surface area contributed by atoms with Gasteiger partial charge in [-0.2, -0.15) is 0 Å². The highest BCUT2D eigenvalue weighted by Gasteiger charge is 2.47. The van der Waals surface area contributed by atoms with Gasteiger partial charge in [0.2, 0.25) is 0 Å². The normalized spacial score (nSPS) is 41.6. The molecular weight excluding hydrogens is 172 g/mol. The van der Waals surface area contributed by atoms with Crippen molar-refractivity contribution in [1.82, 2.24) is 0 Å². The summed E-state index contributed by atoms with van der Waals surface area (Å²) in [6.07, 6.45) is 2.74. The van der Waals surface area contributed by atoms with Crippen molar-refractivity contribution in [2.75, 3.05) is 52.4 Å². The summed E-state index contributed by atoms with van der Waals surface area (Å²) in [4.78, 5) is 0. The number of fused-ring (bicyclic) bond motifs is 3. The van der Waals surface area contributed by atoms with Crippen LogP contribution in [0, 0.1) is 0 Å². The van der Waals surface area contributed by atoms with E-state index in [1.165, 1.54) is 74.2 Å². The third-order valence-corrected chi connectivity index (χ3v) is 4.54. The molecule has 14 heavy (non-hydrogen) atoms. The van der Waals surface area contributed by atoms with Crippen LogP contribution in [-0.4, -0.2) is 61.3 Å². The van der Waals surface area contributed by atoms with Crippen molar-refractivity contribution >= 4 is 0 Å². The zero-order valence-electron chi connectivity index (χ0n) is 9.97.